The molecule has 0 fully saturated rings. The van der Waals surface area contributed by atoms with Gasteiger partial charge in [0.25, 0.3) is 0 Å². The lowest BCUT2D eigenvalue weighted by molar-refractivity contribution is 0.467. The molecule has 0 amide bonds. The third-order valence-electron chi connectivity index (χ3n) is 15.0. The number of guanidine groups is 3. The predicted molar refractivity (Wildman–Crippen MR) is 366 cm³/mol. The quantitative estimate of drug-likeness (QED) is 0.114. The predicted octanol–water partition coefficient (Wildman–Crippen LogP) is 12.3. The van der Waals surface area contributed by atoms with Crippen LogP contribution in [0.5, 0.6) is 0 Å². The highest BCUT2D eigenvalue weighted by molar-refractivity contribution is 7.99. The summed E-state index contributed by atoms with van der Waals surface area (Å²) in [6.07, 6.45) is 6.87. The SMILES string of the molecule is C.C=S1(=O)C[C@@](C)(c2sc(-c3cnc(-c4ccc(F)cc4)o3)cc2Cl)N=C(N)N1C.C=S1(=O)C[C@@](C)(c2sc(-c3cnn(-c4ccccc4)c3)cc2Cl)N=C(N)N1C.CN1C(N)=N[C@](C)(c2sc3c(-c4cnc(-c5ccc(F)cc5)o4)cccc3c2F)CS1(=O)=O. The fourth-order valence-corrected chi connectivity index (χ4v) is 19.7. The molecule has 19 nitrogen and oxygen atoms in total. The zero-order valence-electron chi connectivity index (χ0n) is 48.7. The fourth-order valence-electron chi connectivity index (χ4n) is 10.2. The van der Waals surface area contributed by atoms with Gasteiger partial charge in [0.1, 0.15) is 34.1 Å². The third kappa shape index (κ3) is 12.9. The van der Waals surface area contributed by atoms with Crippen molar-refractivity contribution in [2.45, 2.75) is 44.8 Å². The Kier molecular flexibility index (Phi) is 17.8. The molecule has 6 aromatic heterocycles. The number of rotatable bonds is 9. The standard InChI is InChI=1S/C22H18F2N4O3S2.C19H18ClFN4O2S2.C19H20ClN5OS2.CH4/c1-22(11-33(29,30)28(2)21(25)27-22)19-17(24)15-5-3-4-14(18(15)32-19)16-10-26-20(31-16)12-6-8-13(23)9-7-12;1-19(10-29(3,26)25(2)18(22)24-19)16-13(20)8-15(28-16)14-9-23-17(27-14)11-4-6-12(21)7-5-11;1-19(12-28(3,26)24(2)18(21)23-19)17-15(20)9-16(27-17)13-10-22-25(11-13)14-7-5-4-6-8-14;/h3-10H,11H2,1-2H3,(H2,25,27);4-9H,3,10H2,1-2H3,(H2,22,24);4-11H,3,12H2,1-2H3,(H2,21,23);1H4/t22-;19-,29?;19-,28?;/m000./s1. The molecule has 0 saturated heterocycles. The minimum Gasteiger partial charge on any atom is -0.436 e. The maximum absolute atomic E-state index is 15.5. The van der Waals surface area contributed by atoms with E-state index < -0.39 is 57.6 Å². The Balaban J connectivity index is 0.000000150. The molecule has 6 N–H and O–H groups in total. The third-order valence-corrected chi connectivity index (χ3v) is 26.5. The fraction of sp³-hybridized carbons (Fsp3) is 0.213. The zero-order chi connectivity index (χ0) is 64.6. The molecule has 10 aromatic rings. The summed E-state index contributed by atoms with van der Waals surface area (Å²) in [5, 5.41) is 5.82. The van der Waals surface area contributed by atoms with Crippen LogP contribution in [0.1, 0.15) is 42.8 Å². The molecule has 0 radical (unpaired) electrons. The molecule has 4 aromatic carbocycles. The molecular formula is C61H60Cl2F3N13O6S6. The first-order valence-electron chi connectivity index (χ1n) is 26.9. The van der Waals surface area contributed by atoms with E-state index in [9.17, 15) is 25.6 Å². The van der Waals surface area contributed by atoms with Gasteiger partial charge in [-0.2, -0.15) is 5.10 Å². The highest BCUT2D eigenvalue weighted by Gasteiger charge is 2.45. The molecule has 0 aliphatic carbocycles. The summed E-state index contributed by atoms with van der Waals surface area (Å²) in [4.78, 5) is 25.4. The van der Waals surface area contributed by atoms with Gasteiger partial charge >= 0.3 is 0 Å². The van der Waals surface area contributed by atoms with Crippen LogP contribution in [0.25, 0.3) is 71.1 Å². The second-order valence-electron chi connectivity index (χ2n) is 21.9. The van der Waals surface area contributed by atoms with Crippen molar-refractivity contribution in [3.8, 4) is 61.0 Å². The highest BCUT2D eigenvalue weighted by Crippen LogP contribution is 2.48. The van der Waals surface area contributed by atoms with E-state index in [1.807, 2.05) is 61.1 Å². The van der Waals surface area contributed by atoms with E-state index in [4.69, 9.17) is 49.2 Å². The van der Waals surface area contributed by atoms with E-state index in [-0.39, 0.29) is 53.3 Å². The average molecular weight is 1390 g/mol. The first-order valence-corrected chi connectivity index (χ1v) is 35.5. The number of benzene rings is 4. The van der Waals surface area contributed by atoms with Gasteiger partial charge in [-0.25, -0.2) is 63.9 Å². The van der Waals surface area contributed by atoms with Gasteiger partial charge in [0.05, 0.1) is 90.5 Å². The molecule has 3 aliphatic rings. The monoisotopic (exact) mass is 1390 g/mol. The van der Waals surface area contributed by atoms with E-state index >= 15 is 4.39 Å². The summed E-state index contributed by atoms with van der Waals surface area (Å²) in [5.41, 5.74) is 18.6. The molecule has 30 heteroatoms. The van der Waals surface area contributed by atoms with Crippen LogP contribution in [0.2, 0.25) is 10.0 Å². The number of thiophene rings is 3. The first kappa shape index (κ1) is 66.0. The molecule has 91 heavy (non-hydrogen) atoms. The van der Waals surface area contributed by atoms with Crippen molar-refractivity contribution in [1.29, 1.82) is 0 Å². The van der Waals surface area contributed by atoms with Crippen molar-refractivity contribution in [2.24, 2.45) is 32.2 Å². The van der Waals surface area contributed by atoms with Crippen LogP contribution < -0.4 is 17.2 Å². The van der Waals surface area contributed by atoms with E-state index in [0.717, 1.165) is 46.4 Å². The van der Waals surface area contributed by atoms with E-state index in [1.165, 1.54) is 68.8 Å². The lowest BCUT2D eigenvalue weighted by Gasteiger charge is -2.36. The average Bonchev–Trinajstić information content (AvgIpc) is 1.67. The van der Waals surface area contributed by atoms with Crippen LogP contribution in [0.4, 0.5) is 13.2 Å². The summed E-state index contributed by atoms with van der Waals surface area (Å²) in [6, 6.07) is 30.2. The number of nitrogens with zero attached hydrogens (tertiary/aromatic N) is 10. The first-order chi connectivity index (χ1) is 42.4. The second-order valence-corrected chi connectivity index (χ2v) is 32.6. The van der Waals surface area contributed by atoms with Crippen molar-refractivity contribution < 1.29 is 38.8 Å². The number of nitrogens with two attached hydrogens (primary N) is 3. The van der Waals surface area contributed by atoms with Gasteiger partial charge in [-0.15, -0.1) is 34.0 Å². The van der Waals surface area contributed by atoms with Crippen molar-refractivity contribution in [3.05, 3.63) is 176 Å². The Hall–Kier alpha value is -7.96. The molecule has 0 bridgehead atoms. The van der Waals surface area contributed by atoms with Gasteiger partial charge < -0.3 is 26.0 Å². The zero-order valence-corrected chi connectivity index (χ0v) is 55.1. The molecular weight excluding hydrogens is 1330 g/mol. The molecule has 476 valence electrons. The Bertz CT molecular complexity index is 4880. The number of aliphatic imine (C=N–C) groups is 3. The summed E-state index contributed by atoms with van der Waals surface area (Å²) >= 11 is 17.1. The topological polar surface area (TPSA) is 263 Å². The normalized spacial score (nSPS) is 22.8. The van der Waals surface area contributed by atoms with Gasteiger partial charge in [0.15, 0.2) is 11.5 Å². The largest absolute Gasteiger partial charge is 0.436 e. The van der Waals surface area contributed by atoms with Crippen molar-refractivity contribution in [2.75, 3.05) is 38.4 Å². The molecule has 3 aliphatic heterocycles. The lowest BCUT2D eigenvalue weighted by atomic mass is 10.0. The number of hydrogen-bond donors (Lipinski definition) is 3. The van der Waals surface area contributed by atoms with Crippen LogP contribution in [0.3, 0.4) is 0 Å². The van der Waals surface area contributed by atoms with Gasteiger partial charge in [0.2, 0.25) is 39.7 Å². The number of para-hydroxylation sites is 1. The molecule has 2 unspecified atom stereocenters. The van der Waals surface area contributed by atoms with Crippen LogP contribution in [0.15, 0.2) is 158 Å². The van der Waals surface area contributed by atoms with E-state index in [0.29, 0.717) is 60.1 Å². The maximum atomic E-state index is 15.5. The Morgan fingerprint density at radius 1 is 0.571 bits per heavy atom. The van der Waals surface area contributed by atoms with Crippen LogP contribution in [-0.2, 0) is 46.1 Å². The van der Waals surface area contributed by atoms with Crippen LogP contribution in [-0.4, -0.2) is 118 Å². The van der Waals surface area contributed by atoms with Gasteiger partial charge in [-0.1, -0.05) is 61.0 Å². The number of oxazole rings is 2. The molecule has 13 rings (SSSR count). The van der Waals surface area contributed by atoms with Gasteiger partial charge in [-0.3, -0.25) is 8.61 Å². The van der Waals surface area contributed by atoms with Gasteiger partial charge in [-0.05, 0) is 111 Å². The van der Waals surface area contributed by atoms with E-state index in [1.54, 1.807) is 81.9 Å². The lowest BCUT2D eigenvalue weighted by Crippen LogP contribution is -2.50. The molecule has 9 heterocycles. The summed E-state index contributed by atoms with van der Waals surface area (Å²) in [6.45, 7) is 5.29. The Morgan fingerprint density at radius 2 is 1.04 bits per heavy atom. The number of aromatic nitrogens is 4. The second kappa shape index (κ2) is 24.6. The van der Waals surface area contributed by atoms with E-state index in [2.05, 4.69) is 41.8 Å². The highest BCUT2D eigenvalue weighted by atomic mass is 35.5. The molecule has 5 atom stereocenters. The molecule has 0 spiro atoms. The molecule has 0 saturated carbocycles. The summed E-state index contributed by atoms with van der Waals surface area (Å²) in [7, 11) is -4.35. The Morgan fingerprint density at radius 3 is 1.56 bits per heavy atom. The van der Waals surface area contributed by atoms with Crippen LogP contribution in [0, 0.1) is 17.5 Å². The number of sulfonamides is 1. The maximum Gasteiger partial charge on any atom is 0.239 e. The van der Waals surface area contributed by atoms with Crippen molar-refractivity contribution >= 4 is 126 Å². The smallest absolute Gasteiger partial charge is 0.239 e. The van der Waals surface area contributed by atoms with Crippen molar-refractivity contribution in [3.63, 3.8) is 0 Å². The Labute approximate surface area is 546 Å². The van der Waals surface area contributed by atoms with Gasteiger partial charge in [0, 0.05) is 64.6 Å². The minimum absolute atomic E-state index is 0. The number of fused-ring (bicyclic) bond motifs is 1. The van der Waals surface area contributed by atoms with Crippen LogP contribution >= 0.6 is 57.2 Å². The number of halogens is 5. The number of hydrogen-bond acceptors (Lipinski definition) is 18. The van der Waals surface area contributed by atoms with Crippen molar-refractivity contribution in [1.82, 2.24) is 32.7 Å². The minimum atomic E-state index is -3.75. The summed E-state index contributed by atoms with van der Waals surface area (Å²) in [5.74, 6) is 8.21. The summed E-state index contributed by atoms with van der Waals surface area (Å²) < 4.78 is 111.